The number of rotatable bonds is 4. The molecule has 1 aromatic heterocycles. The van der Waals surface area contributed by atoms with Crippen LogP contribution >= 0.6 is 11.3 Å². The Labute approximate surface area is 116 Å². The summed E-state index contributed by atoms with van der Waals surface area (Å²) in [5.74, 6) is 0. The van der Waals surface area contributed by atoms with Crippen LogP contribution in [0.2, 0.25) is 0 Å². The lowest BCUT2D eigenvalue weighted by molar-refractivity contribution is 0.598. The van der Waals surface area contributed by atoms with E-state index in [1.54, 1.807) is 23.5 Å². The highest BCUT2D eigenvalue weighted by Crippen LogP contribution is 2.27. The van der Waals surface area contributed by atoms with Gasteiger partial charge in [-0.15, -0.1) is 11.3 Å². The third kappa shape index (κ3) is 3.06. The van der Waals surface area contributed by atoms with E-state index in [0.717, 1.165) is 0 Å². The van der Waals surface area contributed by atoms with E-state index < -0.39 is 10.0 Å². The summed E-state index contributed by atoms with van der Waals surface area (Å²) >= 11 is 1.64. The Morgan fingerprint density at radius 3 is 2.63 bits per heavy atom. The first kappa shape index (κ1) is 13.9. The molecule has 0 radical (unpaired) electrons. The van der Waals surface area contributed by atoms with E-state index in [9.17, 15) is 8.42 Å². The van der Waals surface area contributed by atoms with E-state index in [4.69, 9.17) is 10.9 Å². The Bertz CT molecular complexity index is 693. The molecule has 0 aliphatic rings. The van der Waals surface area contributed by atoms with E-state index in [2.05, 4.69) is 5.32 Å². The highest BCUT2D eigenvalue weighted by atomic mass is 32.2. The van der Waals surface area contributed by atoms with Gasteiger partial charge in [-0.1, -0.05) is 6.07 Å². The molecule has 0 atom stereocenters. The van der Waals surface area contributed by atoms with Gasteiger partial charge in [0.2, 0.25) is 10.0 Å². The summed E-state index contributed by atoms with van der Waals surface area (Å²) in [6, 6.07) is 6.77. The number of aryl methyl sites for hydroxylation is 1. The van der Waals surface area contributed by atoms with Crippen molar-refractivity contribution in [2.24, 2.45) is 5.14 Å². The number of nitrogens with two attached hydrogens (primary N) is 2. The molecule has 0 saturated carbocycles. The molecule has 0 bridgehead atoms. The highest BCUT2D eigenvalue weighted by molar-refractivity contribution is 7.89. The lowest BCUT2D eigenvalue weighted by Gasteiger charge is -2.11. The number of thiophene rings is 1. The standard InChI is InChI=1S/C12H15N3O2S2/c1-8-5-6-18-10(8)7-15-9-3-2-4-11(12(9)13)19(14,16)17/h2-6,15H,7,13H2,1H3,(H2,14,16,17). The molecule has 19 heavy (non-hydrogen) atoms. The van der Waals surface area contributed by atoms with Crippen LogP contribution in [0.15, 0.2) is 34.5 Å². The quantitative estimate of drug-likeness (QED) is 0.751. The zero-order chi connectivity index (χ0) is 14.0. The molecule has 2 aromatic rings. The second-order valence-corrected chi connectivity index (χ2v) is 6.67. The van der Waals surface area contributed by atoms with Gasteiger partial charge in [0.05, 0.1) is 11.4 Å². The topological polar surface area (TPSA) is 98.2 Å². The molecule has 0 aliphatic heterocycles. The molecule has 102 valence electrons. The third-order valence-corrected chi connectivity index (χ3v) is 4.77. The predicted molar refractivity (Wildman–Crippen MR) is 78.6 cm³/mol. The van der Waals surface area contributed by atoms with Crippen molar-refractivity contribution >= 4 is 32.7 Å². The molecule has 0 saturated heterocycles. The zero-order valence-corrected chi connectivity index (χ0v) is 12.0. The van der Waals surface area contributed by atoms with Gasteiger partial charge in [-0.3, -0.25) is 0 Å². The number of hydrogen-bond donors (Lipinski definition) is 3. The van der Waals surface area contributed by atoms with Crippen LogP contribution < -0.4 is 16.2 Å². The number of hydrogen-bond acceptors (Lipinski definition) is 5. The summed E-state index contributed by atoms with van der Waals surface area (Å²) in [7, 11) is -3.80. The monoisotopic (exact) mass is 297 g/mol. The molecule has 0 fully saturated rings. The summed E-state index contributed by atoms with van der Waals surface area (Å²) < 4.78 is 22.7. The van der Waals surface area contributed by atoms with Gasteiger partial charge in [-0.05, 0) is 36.1 Å². The minimum absolute atomic E-state index is 0.0552. The van der Waals surface area contributed by atoms with Crippen molar-refractivity contribution in [1.29, 1.82) is 0 Å². The summed E-state index contributed by atoms with van der Waals surface area (Å²) in [6.45, 7) is 2.62. The number of sulfonamides is 1. The van der Waals surface area contributed by atoms with Gasteiger partial charge in [0, 0.05) is 11.4 Å². The van der Waals surface area contributed by atoms with Gasteiger partial charge >= 0.3 is 0 Å². The molecule has 1 aromatic carbocycles. The van der Waals surface area contributed by atoms with Crippen molar-refractivity contribution in [2.75, 3.05) is 11.1 Å². The van der Waals surface area contributed by atoms with Crippen LogP contribution in [0.4, 0.5) is 11.4 Å². The van der Waals surface area contributed by atoms with E-state index in [-0.39, 0.29) is 10.6 Å². The van der Waals surface area contributed by atoms with E-state index >= 15 is 0 Å². The second kappa shape index (κ2) is 5.20. The van der Waals surface area contributed by atoms with Crippen molar-refractivity contribution in [3.8, 4) is 0 Å². The zero-order valence-electron chi connectivity index (χ0n) is 10.4. The maximum Gasteiger partial charge on any atom is 0.240 e. The normalized spacial score (nSPS) is 11.5. The van der Waals surface area contributed by atoms with Crippen molar-refractivity contribution in [3.63, 3.8) is 0 Å². The van der Waals surface area contributed by atoms with E-state index in [0.29, 0.717) is 12.2 Å². The van der Waals surface area contributed by atoms with Crippen LogP contribution in [-0.2, 0) is 16.6 Å². The van der Waals surface area contributed by atoms with Gasteiger partial charge in [0.25, 0.3) is 0 Å². The molecule has 5 nitrogen and oxygen atoms in total. The number of nitrogen functional groups attached to an aromatic ring is 1. The van der Waals surface area contributed by atoms with Gasteiger partial charge in [-0.2, -0.15) is 0 Å². The Hall–Kier alpha value is -1.57. The Morgan fingerprint density at radius 2 is 2.05 bits per heavy atom. The van der Waals surface area contributed by atoms with E-state index in [1.165, 1.54) is 16.5 Å². The van der Waals surface area contributed by atoms with E-state index in [1.807, 2.05) is 18.4 Å². The third-order valence-electron chi connectivity index (χ3n) is 2.78. The summed E-state index contributed by atoms with van der Waals surface area (Å²) in [5, 5.41) is 10.3. The maximum absolute atomic E-state index is 11.4. The van der Waals surface area contributed by atoms with Gasteiger partial charge < -0.3 is 11.1 Å². The van der Waals surface area contributed by atoms with Gasteiger partial charge in [0.15, 0.2) is 0 Å². The Morgan fingerprint density at radius 1 is 1.32 bits per heavy atom. The van der Waals surface area contributed by atoms with Crippen molar-refractivity contribution in [1.82, 2.24) is 0 Å². The Kier molecular flexibility index (Phi) is 3.79. The maximum atomic E-state index is 11.4. The molecule has 0 unspecified atom stereocenters. The van der Waals surface area contributed by atoms with Gasteiger partial charge in [0.1, 0.15) is 4.90 Å². The van der Waals surface area contributed by atoms with Crippen molar-refractivity contribution in [3.05, 3.63) is 40.1 Å². The fourth-order valence-electron chi connectivity index (χ4n) is 1.71. The molecule has 0 aliphatic carbocycles. The molecular weight excluding hydrogens is 282 g/mol. The van der Waals surface area contributed by atoms with Crippen molar-refractivity contribution in [2.45, 2.75) is 18.4 Å². The largest absolute Gasteiger partial charge is 0.396 e. The van der Waals surface area contributed by atoms with Crippen LogP contribution in [-0.4, -0.2) is 8.42 Å². The van der Waals surface area contributed by atoms with Crippen LogP contribution in [0.1, 0.15) is 10.4 Å². The van der Waals surface area contributed by atoms with Gasteiger partial charge in [-0.25, -0.2) is 13.6 Å². The minimum atomic E-state index is -3.80. The summed E-state index contributed by atoms with van der Waals surface area (Å²) in [5.41, 5.74) is 7.74. The summed E-state index contributed by atoms with van der Waals surface area (Å²) in [4.78, 5) is 1.13. The van der Waals surface area contributed by atoms with Crippen molar-refractivity contribution < 1.29 is 8.42 Å². The lowest BCUT2D eigenvalue weighted by atomic mass is 10.2. The number of anilines is 2. The molecule has 0 amide bonds. The minimum Gasteiger partial charge on any atom is -0.396 e. The molecular formula is C12H15N3O2S2. The SMILES string of the molecule is Cc1ccsc1CNc1cccc(S(N)(=O)=O)c1N. The van der Waals surface area contributed by atoms with Crippen LogP contribution in [0, 0.1) is 6.92 Å². The lowest BCUT2D eigenvalue weighted by Crippen LogP contribution is -2.15. The average molecular weight is 297 g/mol. The predicted octanol–water partition coefficient (Wildman–Crippen LogP) is 1.90. The molecule has 1 heterocycles. The fourth-order valence-corrected chi connectivity index (χ4v) is 3.24. The van der Waals surface area contributed by atoms with Crippen LogP contribution in [0.25, 0.3) is 0 Å². The number of para-hydroxylation sites is 1. The second-order valence-electron chi connectivity index (χ2n) is 4.14. The van der Waals surface area contributed by atoms with Crippen LogP contribution in [0.5, 0.6) is 0 Å². The molecule has 5 N–H and O–H groups in total. The fraction of sp³-hybridized carbons (Fsp3) is 0.167. The highest BCUT2D eigenvalue weighted by Gasteiger charge is 2.14. The molecule has 2 rings (SSSR count). The first-order valence-electron chi connectivity index (χ1n) is 5.57. The number of nitrogens with one attached hydrogen (secondary N) is 1. The average Bonchev–Trinajstić information content (AvgIpc) is 2.72. The van der Waals surface area contributed by atoms with Crippen LogP contribution in [0.3, 0.4) is 0 Å². The number of benzene rings is 1. The first-order valence-corrected chi connectivity index (χ1v) is 8.00. The molecule has 7 heteroatoms. The first-order chi connectivity index (χ1) is 8.89. The molecule has 0 spiro atoms. The number of primary sulfonamides is 1. The summed E-state index contributed by atoms with van der Waals surface area (Å²) in [6.07, 6.45) is 0. The Balaban J connectivity index is 2.25. The smallest absolute Gasteiger partial charge is 0.240 e.